The first-order valence-electron chi connectivity index (χ1n) is 7.40. The van der Waals surface area contributed by atoms with Crippen LogP contribution in [0, 0.1) is 0 Å². The fourth-order valence-electron chi connectivity index (χ4n) is 2.97. The van der Waals surface area contributed by atoms with E-state index in [0.29, 0.717) is 0 Å². The van der Waals surface area contributed by atoms with Crippen LogP contribution in [0.2, 0.25) is 0 Å². The van der Waals surface area contributed by atoms with E-state index in [0.717, 1.165) is 37.3 Å². The van der Waals surface area contributed by atoms with Crippen LogP contribution in [0.5, 0.6) is 11.5 Å². The first-order chi connectivity index (χ1) is 10.1. The van der Waals surface area contributed by atoms with E-state index in [4.69, 9.17) is 9.47 Å². The predicted molar refractivity (Wildman–Crippen MR) is 84.1 cm³/mol. The van der Waals surface area contributed by atoms with Crippen molar-refractivity contribution >= 4 is 0 Å². The van der Waals surface area contributed by atoms with Gasteiger partial charge in [0.25, 0.3) is 0 Å². The molecular weight excluding hydrogens is 266 g/mol. The number of aliphatic hydroxyl groups excluding tert-OH is 1. The Morgan fingerprint density at radius 1 is 1.29 bits per heavy atom. The summed E-state index contributed by atoms with van der Waals surface area (Å²) in [7, 11) is 5.26. The monoisotopic (exact) mass is 291 g/mol. The van der Waals surface area contributed by atoms with Crippen molar-refractivity contribution in [1.29, 1.82) is 0 Å². The Balaban J connectivity index is 2.39. The van der Waals surface area contributed by atoms with Crippen LogP contribution in [-0.4, -0.2) is 39.0 Å². The molecule has 0 amide bonds. The number of allylic oxidation sites excluding steroid dienone is 1. The average Bonchev–Trinajstić information content (AvgIpc) is 2.54. The third kappa shape index (κ3) is 3.39. The SMILES string of the molecule is CNCCC1(c2ccc(OC)c(OC)c2)C=C[C@H](O)CC1. The number of hydrogen-bond acceptors (Lipinski definition) is 4. The lowest BCUT2D eigenvalue weighted by atomic mass is 9.70. The molecule has 1 aromatic carbocycles. The van der Waals surface area contributed by atoms with Crippen molar-refractivity contribution in [3.63, 3.8) is 0 Å². The maximum atomic E-state index is 9.75. The van der Waals surface area contributed by atoms with Crippen molar-refractivity contribution in [3.05, 3.63) is 35.9 Å². The van der Waals surface area contributed by atoms with Gasteiger partial charge >= 0.3 is 0 Å². The zero-order valence-electron chi connectivity index (χ0n) is 13.1. The smallest absolute Gasteiger partial charge is 0.161 e. The minimum absolute atomic E-state index is 0.0538. The van der Waals surface area contributed by atoms with Crippen LogP contribution in [0.3, 0.4) is 0 Å². The molecule has 0 aliphatic heterocycles. The highest BCUT2D eigenvalue weighted by molar-refractivity contribution is 5.47. The fraction of sp³-hybridized carbons (Fsp3) is 0.529. The average molecular weight is 291 g/mol. The van der Waals surface area contributed by atoms with Gasteiger partial charge in [-0.3, -0.25) is 0 Å². The van der Waals surface area contributed by atoms with Crippen LogP contribution >= 0.6 is 0 Å². The molecule has 1 unspecified atom stereocenters. The Morgan fingerprint density at radius 2 is 2.05 bits per heavy atom. The zero-order valence-corrected chi connectivity index (χ0v) is 13.1. The van der Waals surface area contributed by atoms with Gasteiger partial charge < -0.3 is 19.9 Å². The third-order valence-electron chi connectivity index (χ3n) is 4.30. The maximum Gasteiger partial charge on any atom is 0.161 e. The Bertz CT molecular complexity index is 501. The summed E-state index contributed by atoms with van der Waals surface area (Å²) in [6, 6.07) is 6.10. The molecule has 0 radical (unpaired) electrons. The predicted octanol–water partition coefficient (Wildman–Crippen LogP) is 2.26. The molecule has 0 fully saturated rings. The van der Waals surface area contributed by atoms with Crippen molar-refractivity contribution < 1.29 is 14.6 Å². The molecule has 116 valence electrons. The van der Waals surface area contributed by atoms with Crippen LogP contribution in [0.1, 0.15) is 24.8 Å². The molecule has 2 N–H and O–H groups in total. The van der Waals surface area contributed by atoms with Crippen molar-refractivity contribution in [2.75, 3.05) is 27.8 Å². The van der Waals surface area contributed by atoms with Crippen LogP contribution in [0.25, 0.3) is 0 Å². The third-order valence-corrected chi connectivity index (χ3v) is 4.30. The molecule has 0 spiro atoms. The number of ether oxygens (including phenoxy) is 2. The summed E-state index contributed by atoms with van der Waals surface area (Å²) in [4.78, 5) is 0. The highest BCUT2D eigenvalue weighted by Crippen LogP contribution is 2.41. The summed E-state index contributed by atoms with van der Waals surface area (Å²) in [5, 5.41) is 13.0. The molecule has 1 aliphatic rings. The second-order valence-corrected chi connectivity index (χ2v) is 5.54. The summed E-state index contributed by atoms with van der Waals surface area (Å²) in [6.45, 7) is 0.925. The van der Waals surface area contributed by atoms with Gasteiger partial charge in [0.2, 0.25) is 0 Å². The van der Waals surface area contributed by atoms with Crippen molar-refractivity contribution in [3.8, 4) is 11.5 Å². The lowest BCUT2D eigenvalue weighted by Gasteiger charge is -2.35. The fourth-order valence-corrected chi connectivity index (χ4v) is 2.97. The number of nitrogens with one attached hydrogen (secondary N) is 1. The van der Waals surface area contributed by atoms with Crippen molar-refractivity contribution in [1.82, 2.24) is 5.32 Å². The summed E-state index contributed by atoms with van der Waals surface area (Å²) in [5.74, 6) is 1.49. The van der Waals surface area contributed by atoms with E-state index in [9.17, 15) is 5.11 Å². The number of rotatable bonds is 6. The number of methoxy groups -OCH3 is 2. The van der Waals surface area contributed by atoms with Crippen LogP contribution in [-0.2, 0) is 5.41 Å². The first kappa shape index (κ1) is 15.9. The lowest BCUT2D eigenvalue weighted by molar-refractivity contribution is 0.186. The minimum Gasteiger partial charge on any atom is -0.493 e. The Labute approximate surface area is 126 Å². The quantitative estimate of drug-likeness (QED) is 0.789. The summed E-state index contributed by atoms with van der Waals surface area (Å²) in [5.41, 5.74) is 1.15. The first-order valence-corrected chi connectivity index (χ1v) is 7.40. The zero-order chi connectivity index (χ0) is 15.3. The van der Waals surface area contributed by atoms with Gasteiger partial charge in [0.1, 0.15) is 0 Å². The van der Waals surface area contributed by atoms with E-state index in [-0.39, 0.29) is 11.5 Å². The summed E-state index contributed by atoms with van der Waals surface area (Å²) in [6.07, 6.45) is 6.45. The van der Waals surface area contributed by atoms with Gasteiger partial charge in [0, 0.05) is 5.41 Å². The molecule has 4 nitrogen and oxygen atoms in total. The molecular formula is C17H25NO3. The molecule has 1 aromatic rings. The number of benzene rings is 1. The lowest BCUT2D eigenvalue weighted by Crippen LogP contribution is -2.32. The maximum absolute atomic E-state index is 9.75. The van der Waals surface area contributed by atoms with E-state index in [1.54, 1.807) is 14.2 Å². The van der Waals surface area contributed by atoms with Crippen LogP contribution in [0.4, 0.5) is 0 Å². The van der Waals surface area contributed by atoms with E-state index < -0.39 is 0 Å². The number of hydrogen-bond donors (Lipinski definition) is 2. The van der Waals surface area contributed by atoms with Gasteiger partial charge in [-0.2, -0.15) is 0 Å². The largest absolute Gasteiger partial charge is 0.493 e. The highest BCUT2D eigenvalue weighted by Gasteiger charge is 2.32. The molecule has 21 heavy (non-hydrogen) atoms. The van der Waals surface area contributed by atoms with Gasteiger partial charge in [-0.25, -0.2) is 0 Å². The van der Waals surface area contributed by atoms with E-state index in [1.807, 2.05) is 19.2 Å². The topological polar surface area (TPSA) is 50.7 Å². The molecule has 2 atom stereocenters. The molecule has 0 saturated heterocycles. The molecule has 0 bridgehead atoms. The van der Waals surface area contributed by atoms with Crippen molar-refractivity contribution in [2.24, 2.45) is 0 Å². The van der Waals surface area contributed by atoms with Gasteiger partial charge in [-0.05, 0) is 50.6 Å². The number of aliphatic hydroxyl groups is 1. The van der Waals surface area contributed by atoms with E-state index in [1.165, 1.54) is 5.56 Å². The standard InChI is InChI=1S/C17H25NO3/c1-18-11-10-17(8-6-14(19)7-9-17)13-4-5-15(20-2)16(12-13)21-3/h4-6,8,12,14,18-19H,7,9-11H2,1-3H3/t14-,17?/m0/s1. The second kappa shape index (κ2) is 6.96. The minimum atomic E-state index is -0.326. The highest BCUT2D eigenvalue weighted by atomic mass is 16.5. The van der Waals surface area contributed by atoms with Gasteiger partial charge in [0.15, 0.2) is 11.5 Å². The molecule has 0 saturated carbocycles. The Hall–Kier alpha value is -1.52. The molecule has 1 aliphatic carbocycles. The van der Waals surface area contributed by atoms with E-state index >= 15 is 0 Å². The molecule has 4 heteroatoms. The van der Waals surface area contributed by atoms with Crippen molar-refractivity contribution in [2.45, 2.75) is 30.8 Å². The molecule has 2 rings (SSSR count). The van der Waals surface area contributed by atoms with Gasteiger partial charge in [-0.1, -0.05) is 18.2 Å². The van der Waals surface area contributed by atoms with Crippen LogP contribution in [0.15, 0.2) is 30.4 Å². The Morgan fingerprint density at radius 3 is 2.62 bits per heavy atom. The summed E-state index contributed by atoms with van der Waals surface area (Å²) >= 11 is 0. The van der Waals surface area contributed by atoms with E-state index in [2.05, 4.69) is 23.5 Å². The van der Waals surface area contributed by atoms with Gasteiger partial charge in [0.05, 0.1) is 20.3 Å². The van der Waals surface area contributed by atoms with Gasteiger partial charge in [-0.15, -0.1) is 0 Å². The Kier molecular flexibility index (Phi) is 5.26. The second-order valence-electron chi connectivity index (χ2n) is 5.54. The normalized spacial score (nSPS) is 24.9. The van der Waals surface area contributed by atoms with Crippen LogP contribution < -0.4 is 14.8 Å². The summed E-state index contributed by atoms with van der Waals surface area (Å²) < 4.78 is 10.7. The molecule has 0 aromatic heterocycles. The molecule has 0 heterocycles.